The van der Waals surface area contributed by atoms with E-state index in [1.165, 1.54) is 6.08 Å². The van der Waals surface area contributed by atoms with Gasteiger partial charge in [0.2, 0.25) is 0 Å². The van der Waals surface area contributed by atoms with E-state index in [0.717, 1.165) is 6.08 Å². The normalized spacial score (nSPS) is 13.1. The molecule has 0 aliphatic carbocycles. The first-order valence-electron chi connectivity index (χ1n) is 1.87. The minimum Gasteiger partial charge on any atom is -0.340 e. The van der Waals surface area contributed by atoms with E-state index in [-0.39, 0.29) is 0 Å². The van der Waals surface area contributed by atoms with Crippen LogP contribution in [0.15, 0.2) is 12.2 Å². The molecule has 3 N–H and O–H groups in total. The van der Waals surface area contributed by atoms with Gasteiger partial charge in [-0.05, 0) is 13.0 Å². The second-order valence-corrected chi connectivity index (χ2v) is 1.19. The minimum atomic E-state index is -2.63. The van der Waals surface area contributed by atoms with Gasteiger partial charge in [-0.1, -0.05) is 6.08 Å². The van der Waals surface area contributed by atoms with Gasteiger partial charge < -0.3 is 15.3 Å². The highest BCUT2D eigenvalue weighted by Crippen LogP contribution is 1.91. The van der Waals surface area contributed by atoms with Crippen LogP contribution in [0.4, 0.5) is 0 Å². The highest BCUT2D eigenvalue weighted by atomic mass is 16.7. The fraction of sp³-hybridized carbons (Fsp3) is 0.500. The standard InChI is InChI=1S/C4H8O3/c1-2-3-4(5,6)7/h2-3,5-7H,1H3. The molecule has 0 heterocycles. The summed E-state index contributed by atoms with van der Waals surface area (Å²) < 4.78 is 0. The molecule has 0 radical (unpaired) electrons. The van der Waals surface area contributed by atoms with Crippen molar-refractivity contribution in [3.05, 3.63) is 12.2 Å². The summed E-state index contributed by atoms with van der Waals surface area (Å²) in [5.74, 6) is -2.63. The van der Waals surface area contributed by atoms with Gasteiger partial charge in [0.1, 0.15) is 0 Å². The van der Waals surface area contributed by atoms with Gasteiger partial charge >= 0.3 is 0 Å². The Labute approximate surface area is 41.5 Å². The Morgan fingerprint density at radius 2 is 1.71 bits per heavy atom. The molecule has 3 nitrogen and oxygen atoms in total. The Morgan fingerprint density at radius 3 is 1.71 bits per heavy atom. The van der Waals surface area contributed by atoms with Crippen molar-refractivity contribution in [2.75, 3.05) is 0 Å². The van der Waals surface area contributed by atoms with Gasteiger partial charge in [0.05, 0.1) is 0 Å². The van der Waals surface area contributed by atoms with Gasteiger partial charge in [-0.3, -0.25) is 0 Å². The van der Waals surface area contributed by atoms with Crippen molar-refractivity contribution in [1.29, 1.82) is 0 Å². The highest BCUT2D eigenvalue weighted by Gasteiger charge is 2.09. The Bertz CT molecular complexity index is 69.5. The third-order valence-corrected chi connectivity index (χ3v) is 0.390. The quantitative estimate of drug-likeness (QED) is 0.301. The lowest BCUT2D eigenvalue weighted by atomic mass is 10.5. The third kappa shape index (κ3) is 5.62. The number of rotatable bonds is 1. The van der Waals surface area contributed by atoms with Crippen LogP contribution < -0.4 is 0 Å². The summed E-state index contributed by atoms with van der Waals surface area (Å²) in [6.07, 6.45) is 2.19. The molecule has 0 saturated heterocycles. The summed E-state index contributed by atoms with van der Waals surface area (Å²) in [6.45, 7) is 1.57. The molecule has 0 aromatic carbocycles. The van der Waals surface area contributed by atoms with Crippen molar-refractivity contribution < 1.29 is 15.3 Å². The van der Waals surface area contributed by atoms with E-state index >= 15 is 0 Å². The van der Waals surface area contributed by atoms with E-state index in [2.05, 4.69) is 0 Å². The van der Waals surface area contributed by atoms with Gasteiger partial charge in [-0.2, -0.15) is 0 Å². The fourth-order valence-corrected chi connectivity index (χ4v) is 0.224. The van der Waals surface area contributed by atoms with Crippen molar-refractivity contribution in [3.63, 3.8) is 0 Å². The molecule has 0 bridgehead atoms. The first-order valence-corrected chi connectivity index (χ1v) is 1.87. The molecule has 0 unspecified atom stereocenters. The van der Waals surface area contributed by atoms with Crippen LogP contribution in [0, 0.1) is 0 Å². The number of allylic oxidation sites excluding steroid dienone is 1. The van der Waals surface area contributed by atoms with Crippen molar-refractivity contribution in [3.8, 4) is 0 Å². The summed E-state index contributed by atoms with van der Waals surface area (Å²) in [5, 5.41) is 24.1. The van der Waals surface area contributed by atoms with E-state index in [1.54, 1.807) is 6.92 Å². The minimum absolute atomic E-state index is 0.854. The van der Waals surface area contributed by atoms with Gasteiger partial charge in [0, 0.05) is 0 Å². The van der Waals surface area contributed by atoms with Crippen molar-refractivity contribution >= 4 is 0 Å². The SMILES string of the molecule is CC=CC(O)(O)O. The van der Waals surface area contributed by atoms with Gasteiger partial charge in [0.15, 0.2) is 0 Å². The van der Waals surface area contributed by atoms with Crippen molar-refractivity contribution in [1.82, 2.24) is 0 Å². The van der Waals surface area contributed by atoms with Crippen LogP contribution >= 0.6 is 0 Å². The average molecular weight is 104 g/mol. The fourth-order valence-electron chi connectivity index (χ4n) is 0.224. The molecule has 0 aliphatic heterocycles. The molecule has 0 rings (SSSR count). The summed E-state index contributed by atoms with van der Waals surface area (Å²) in [4.78, 5) is 0. The number of aliphatic hydroxyl groups is 3. The number of hydrogen-bond acceptors (Lipinski definition) is 3. The monoisotopic (exact) mass is 104 g/mol. The lowest BCUT2D eigenvalue weighted by Crippen LogP contribution is -2.22. The van der Waals surface area contributed by atoms with Gasteiger partial charge in [-0.15, -0.1) is 0 Å². The molecule has 0 saturated carbocycles. The zero-order valence-electron chi connectivity index (χ0n) is 4.00. The lowest BCUT2D eigenvalue weighted by Gasteiger charge is -2.05. The molecular weight excluding hydrogens is 96.0 g/mol. The molecule has 0 spiro atoms. The Hall–Kier alpha value is -0.380. The van der Waals surface area contributed by atoms with Crippen LogP contribution in [0.1, 0.15) is 6.92 Å². The molecule has 0 fully saturated rings. The Morgan fingerprint density at radius 1 is 1.29 bits per heavy atom. The Balaban J connectivity index is 3.56. The maximum Gasteiger partial charge on any atom is 0.297 e. The molecule has 42 valence electrons. The van der Waals surface area contributed by atoms with Gasteiger partial charge in [0.25, 0.3) is 5.97 Å². The molecule has 0 aromatic heterocycles. The van der Waals surface area contributed by atoms with Crippen LogP contribution in [0.2, 0.25) is 0 Å². The molecule has 0 aliphatic rings. The van der Waals surface area contributed by atoms with Crippen molar-refractivity contribution in [2.24, 2.45) is 0 Å². The van der Waals surface area contributed by atoms with Crippen LogP contribution in [0.5, 0.6) is 0 Å². The lowest BCUT2D eigenvalue weighted by molar-refractivity contribution is -0.273. The first kappa shape index (κ1) is 6.62. The second kappa shape index (κ2) is 2.07. The molecule has 0 aromatic rings. The molecular formula is C4H8O3. The first-order chi connectivity index (χ1) is 3.06. The van der Waals surface area contributed by atoms with Crippen LogP contribution in [-0.4, -0.2) is 21.3 Å². The van der Waals surface area contributed by atoms with Crippen LogP contribution in [0.3, 0.4) is 0 Å². The summed E-state index contributed by atoms with van der Waals surface area (Å²) in [6, 6.07) is 0. The van der Waals surface area contributed by atoms with Crippen molar-refractivity contribution in [2.45, 2.75) is 12.9 Å². The van der Waals surface area contributed by atoms with Gasteiger partial charge in [-0.25, -0.2) is 0 Å². The van der Waals surface area contributed by atoms with E-state index in [4.69, 9.17) is 15.3 Å². The zero-order valence-corrected chi connectivity index (χ0v) is 4.00. The van der Waals surface area contributed by atoms with Crippen LogP contribution in [-0.2, 0) is 0 Å². The summed E-state index contributed by atoms with van der Waals surface area (Å²) >= 11 is 0. The topological polar surface area (TPSA) is 60.7 Å². The van der Waals surface area contributed by atoms with E-state index in [1.807, 2.05) is 0 Å². The molecule has 7 heavy (non-hydrogen) atoms. The smallest absolute Gasteiger partial charge is 0.297 e. The molecule has 0 amide bonds. The number of hydrogen-bond donors (Lipinski definition) is 3. The highest BCUT2D eigenvalue weighted by molar-refractivity contribution is 4.83. The predicted molar refractivity (Wildman–Crippen MR) is 24.2 cm³/mol. The third-order valence-electron chi connectivity index (χ3n) is 0.390. The largest absolute Gasteiger partial charge is 0.340 e. The predicted octanol–water partition coefficient (Wildman–Crippen LogP) is -0.807. The summed E-state index contributed by atoms with van der Waals surface area (Å²) in [7, 11) is 0. The second-order valence-electron chi connectivity index (χ2n) is 1.19. The average Bonchev–Trinajstić information content (AvgIpc) is 1.30. The molecule has 3 heteroatoms. The maximum absolute atomic E-state index is 8.04. The van der Waals surface area contributed by atoms with Crippen LogP contribution in [0.25, 0.3) is 0 Å². The Kier molecular flexibility index (Phi) is 1.95. The molecule has 0 atom stereocenters. The zero-order chi connectivity index (χ0) is 5.91. The van der Waals surface area contributed by atoms with E-state index < -0.39 is 5.97 Å². The summed E-state index contributed by atoms with van der Waals surface area (Å²) in [5.41, 5.74) is 0. The van der Waals surface area contributed by atoms with E-state index in [9.17, 15) is 0 Å². The maximum atomic E-state index is 8.04. The van der Waals surface area contributed by atoms with E-state index in [0.29, 0.717) is 0 Å².